The lowest BCUT2D eigenvalue weighted by atomic mass is 10.1. The molecular weight excluding hydrogens is 282 g/mol. The Labute approximate surface area is 130 Å². The number of ether oxygens (including phenoxy) is 2. The van der Waals surface area contributed by atoms with Gasteiger partial charge in [0.25, 0.3) is 5.91 Å². The molecular formula is C16H21N3O3. The number of benzene rings is 1. The van der Waals surface area contributed by atoms with Crippen molar-refractivity contribution in [1.82, 2.24) is 9.78 Å². The SMILES string of the molecule is COc1ccc(OC)c(C(=O)Nc2ccnn2CC(C)C)c1. The van der Waals surface area contributed by atoms with Gasteiger partial charge in [0.15, 0.2) is 0 Å². The Bertz CT molecular complexity index is 650. The molecule has 0 fully saturated rings. The van der Waals surface area contributed by atoms with Gasteiger partial charge in [-0.15, -0.1) is 0 Å². The van der Waals surface area contributed by atoms with Gasteiger partial charge in [0, 0.05) is 12.6 Å². The van der Waals surface area contributed by atoms with Crippen molar-refractivity contribution in [1.29, 1.82) is 0 Å². The highest BCUT2D eigenvalue weighted by Crippen LogP contribution is 2.25. The van der Waals surface area contributed by atoms with Crippen LogP contribution in [0.3, 0.4) is 0 Å². The topological polar surface area (TPSA) is 65.4 Å². The summed E-state index contributed by atoms with van der Waals surface area (Å²) in [7, 11) is 3.09. The predicted octanol–water partition coefficient (Wildman–Crippen LogP) is 2.81. The van der Waals surface area contributed by atoms with Crippen molar-refractivity contribution in [3.63, 3.8) is 0 Å². The second-order valence-corrected chi connectivity index (χ2v) is 5.31. The molecule has 1 aromatic heterocycles. The van der Waals surface area contributed by atoms with Gasteiger partial charge in [0.05, 0.1) is 26.0 Å². The molecule has 0 atom stereocenters. The largest absolute Gasteiger partial charge is 0.497 e. The summed E-state index contributed by atoms with van der Waals surface area (Å²) in [4.78, 5) is 12.5. The summed E-state index contributed by atoms with van der Waals surface area (Å²) in [6.45, 7) is 4.93. The van der Waals surface area contributed by atoms with Crippen LogP contribution in [0.5, 0.6) is 11.5 Å². The lowest BCUT2D eigenvalue weighted by molar-refractivity contribution is 0.102. The fourth-order valence-corrected chi connectivity index (χ4v) is 2.11. The second-order valence-electron chi connectivity index (χ2n) is 5.31. The third-order valence-corrected chi connectivity index (χ3v) is 3.15. The number of rotatable bonds is 6. The number of aromatic nitrogens is 2. The molecule has 6 heteroatoms. The highest BCUT2D eigenvalue weighted by atomic mass is 16.5. The summed E-state index contributed by atoms with van der Waals surface area (Å²) in [5.74, 6) is 1.92. The number of carbonyl (C=O) groups excluding carboxylic acids is 1. The van der Waals surface area contributed by atoms with E-state index in [1.54, 1.807) is 42.3 Å². The van der Waals surface area contributed by atoms with E-state index in [1.807, 2.05) is 0 Å². The zero-order valence-electron chi connectivity index (χ0n) is 13.3. The van der Waals surface area contributed by atoms with Crippen LogP contribution < -0.4 is 14.8 Å². The van der Waals surface area contributed by atoms with Crippen LogP contribution in [-0.2, 0) is 6.54 Å². The molecule has 0 aliphatic carbocycles. The molecule has 0 aliphatic rings. The molecule has 0 saturated carbocycles. The molecule has 0 aliphatic heterocycles. The Morgan fingerprint density at radius 1 is 1.27 bits per heavy atom. The highest BCUT2D eigenvalue weighted by molar-refractivity contribution is 6.06. The third kappa shape index (κ3) is 3.58. The average Bonchev–Trinajstić information content (AvgIpc) is 2.92. The van der Waals surface area contributed by atoms with Gasteiger partial charge in [-0.05, 0) is 24.1 Å². The molecule has 2 rings (SSSR count). The maximum absolute atomic E-state index is 12.5. The predicted molar refractivity (Wildman–Crippen MR) is 84.6 cm³/mol. The second kappa shape index (κ2) is 6.98. The standard InChI is InChI=1S/C16H21N3O3/c1-11(2)10-19-15(7-8-17-19)18-16(20)13-9-12(21-3)5-6-14(13)22-4/h5-9,11H,10H2,1-4H3,(H,18,20). The van der Waals surface area contributed by atoms with E-state index < -0.39 is 0 Å². The average molecular weight is 303 g/mol. The summed E-state index contributed by atoms with van der Waals surface area (Å²) in [6.07, 6.45) is 1.67. The Morgan fingerprint density at radius 3 is 2.68 bits per heavy atom. The van der Waals surface area contributed by atoms with Gasteiger partial charge in [0.1, 0.15) is 17.3 Å². The zero-order valence-corrected chi connectivity index (χ0v) is 13.3. The normalized spacial score (nSPS) is 10.6. The van der Waals surface area contributed by atoms with Crippen LogP contribution in [0.25, 0.3) is 0 Å². The smallest absolute Gasteiger partial charge is 0.260 e. The number of nitrogens with zero attached hydrogens (tertiary/aromatic N) is 2. The number of nitrogens with one attached hydrogen (secondary N) is 1. The lowest BCUT2D eigenvalue weighted by Crippen LogP contribution is -2.18. The van der Waals surface area contributed by atoms with Crippen molar-refractivity contribution in [2.45, 2.75) is 20.4 Å². The Kier molecular flexibility index (Phi) is 5.04. The van der Waals surface area contributed by atoms with Gasteiger partial charge in [-0.3, -0.25) is 4.79 Å². The van der Waals surface area contributed by atoms with E-state index in [1.165, 1.54) is 7.11 Å². The van der Waals surface area contributed by atoms with Crippen LogP contribution in [0.15, 0.2) is 30.5 Å². The molecule has 0 radical (unpaired) electrons. The van der Waals surface area contributed by atoms with E-state index in [-0.39, 0.29) is 5.91 Å². The number of carbonyl (C=O) groups is 1. The fourth-order valence-electron chi connectivity index (χ4n) is 2.11. The van der Waals surface area contributed by atoms with Crippen LogP contribution in [-0.4, -0.2) is 29.9 Å². The quantitative estimate of drug-likeness (QED) is 0.891. The van der Waals surface area contributed by atoms with Crippen molar-refractivity contribution in [3.8, 4) is 11.5 Å². The number of hydrogen-bond acceptors (Lipinski definition) is 4. The Hall–Kier alpha value is -2.50. The molecule has 2 aromatic rings. The molecule has 6 nitrogen and oxygen atoms in total. The molecule has 0 unspecified atom stereocenters. The molecule has 0 saturated heterocycles. The molecule has 118 valence electrons. The van der Waals surface area contributed by atoms with Crippen LogP contribution in [0.2, 0.25) is 0 Å². The molecule has 1 heterocycles. The van der Waals surface area contributed by atoms with E-state index in [2.05, 4.69) is 24.3 Å². The number of methoxy groups -OCH3 is 2. The first kappa shape index (κ1) is 15.9. The minimum Gasteiger partial charge on any atom is -0.497 e. The van der Waals surface area contributed by atoms with Gasteiger partial charge in [-0.2, -0.15) is 5.10 Å². The minimum atomic E-state index is -0.263. The van der Waals surface area contributed by atoms with Crippen molar-refractivity contribution in [2.24, 2.45) is 5.92 Å². The van der Waals surface area contributed by atoms with E-state index in [4.69, 9.17) is 9.47 Å². The Balaban J connectivity index is 2.24. The van der Waals surface area contributed by atoms with Gasteiger partial charge < -0.3 is 14.8 Å². The summed E-state index contributed by atoms with van der Waals surface area (Å²) in [5.41, 5.74) is 0.416. The van der Waals surface area contributed by atoms with E-state index in [9.17, 15) is 4.79 Å². The molecule has 22 heavy (non-hydrogen) atoms. The van der Waals surface area contributed by atoms with Gasteiger partial charge in [-0.1, -0.05) is 13.8 Å². The maximum Gasteiger partial charge on any atom is 0.260 e. The van der Waals surface area contributed by atoms with Crippen molar-refractivity contribution < 1.29 is 14.3 Å². The van der Waals surface area contributed by atoms with Gasteiger partial charge >= 0.3 is 0 Å². The van der Waals surface area contributed by atoms with E-state index in [0.717, 1.165) is 6.54 Å². The first-order valence-electron chi connectivity index (χ1n) is 7.10. The van der Waals surface area contributed by atoms with Crippen molar-refractivity contribution >= 4 is 11.7 Å². The summed E-state index contributed by atoms with van der Waals surface area (Å²) in [5, 5.41) is 7.09. The summed E-state index contributed by atoms with van der Waals surface area (Å²) < 4.78 is 12.2. The first-order chi connectivity index (χ1) is 10.5. The van der Waals surface area contributed by atoms with Crippen molar-refractivity contribution in [3.05, 3.63) is 36.0 Å². The first-order valence-corrected chi connectivity index (χ1v) is 7.10. The molecule has 0 bridgehead atoms. The maximum atomic E-state index is 12.5. The highest BCUT2D eigenvalue weighted by Gasteiger charge is 2.16. The fraction of sp³-hybridized carbons (Fsp3) is 0.375. The van der Waals surface area contributed by atoms with Crippen LogP contribution in [0.1, 0.15) is 24.2 Å². The zero-order chi connectivity index (χ0) is 16.1. The van der Waals surface area contributed by atoms with Crippen LogP contribution in [0.4, 0.5) is 5.82 Å². The van der Waals surface area contributed by atoms with Crippen LogP contribution >= 0.6 is 0 Å². The molecule has 0 spiro atoms. The number of amides is 1. The summed E-state index contributed by atoms with van der Waals surface area (Å²) >= 11 is 0. The van der Waals surface area contributed by atoms with Gasteiger partial charge in [0.2, 0.25) is 0 Å². The van der Waals surface area contributed by atoms with E-state index >= 15 is 0 Å². The minimum absolute atomic E-state index is 0.263. The monoisotopic (exact) mass is 303 g/mol. The third-order valence-electron chi connectivity index (χ3n) is 3.15. The molecule has 1 amide bonds. The number of hydrogen-bond donors (Lipinski definition) is 1. The lowest BCUT2D eigenvalue weighted by Gasteiger charge is -2.13. The van der Waals surface area contributed by atoms with E-state index in [0.29, 0.717) is 28.8 Å². The Morgan fingerprint density at radius 2 is 2.05 bits per heavy atom. The van der Waals surface area contributed by atoms with Gasteiger partial charge in [-0.25, -0.2) is 4.68 Å². The molecule has 1 N–H and O–H groups in total. The summed E-state index contributed by atoms with van der Waals surface area (Å²) in [6, 6.07) is 6.88. The van der Waals surface area contributed by atoms with Crippen molar-refractivity contribution in [2.75, 3.05) is 19.5 Å². The molecule has 1 aromatic carbocycles. The number of anilines is 1. The van der Waals surface area contributed by atoms with Crippen LogP contribution in [0, 0.1) is 5.92 Å².